The number of hydrogen-bond acceptors (Lipinski definition) is 3. The van der Waals surface area contributed by atoms with E-state index in [1.54, 1.807) is 24.5 Å². The summed E-state index contributed by atoms with van der Waals surface area (Å²) >= 11 is 0. The average molecular weight is 365 g/mol. The molecule has 1 atom stereocenters. The number of aromatic nitrogens is 1. The maximum absolute atomic E-state index is 13.1. The molecule has 2 amide bonds. The lowest BCUT2D eigenvalue weighted by molar-refractivity contribution is -0.136. The van der Waals surface area contributed by atoms with Crippen LogP contribution in [0.15, 0.2) is 48.8 Å². The molecule has 0 bridgehead atoms. The lowest BCUT2D eigenvalue weighted by atomic mass is 10.1. The highest BCUT2D eigenvalue weighted by Gasteiger charge is 2.34. The molecule has 1 aliphatic heterocycles. The van der Waals surface area contributed by atoms with E-state index in [-0.39, 0.29) is 11.8 Å². The first-order valence-corrected chi connectivity index (χ1v) is 8.22. The molecule has 0 radical (unpaired) electrons. The van der Waals surface area contributed by atoms with Crippen LogP contribution in [0.5, 0.6) is 5.75 Å². The summed E-state index contributed by atoms with van der Waals surface area (Å²) in [6, 6.07) is 7.81. The number of halogens is 3. The molecule has 1 aromatic heterocycles. The Morgan fingerprint density at radius 2 is 1.92 bits per heavy atom. The number of amides is 2. The fourth-order valence-corrected chi connectivity index (χ4v) is 2.86. The minimum atomic E-state index is -4.53. The molecule has 1 aliphatic rings. The Hall–Kier alpha value is -2.77. The van der Waals surface area contributed by atoms with Crippen molar-refractivity contribution in [2.75, 3.05) is 18.4 Å². The van der Waals surface area contributed by atoms with E-state index in [0.29, 0.717) is 25.3 Å². The van der Waals surface area contributed by atoms with E-state index in [2.05, 4.69) is 10.3 Å². The van der Waals surface area contributed by atoms with Gasteiger partial charge in [-0.05, 0) is 37.1 Å². The standard InChI is InChI=1S/C18H18F3N3O2/c19-18(20,21)15-5-1-2-6-16(15)23-17(25)24-11-3-4-14(12-24)26-13-7-9-22-10-8-13/h1-2,5-10,14H,3-4,11-12H2,(H,23,25)/t14-/m0/s1. The first-order valence-electron chi connectivity index (χ1n) is 8.22. The number of nitrogens with zero attached hydrogens (tertiary/aromatic N) is 2. The van der Waals surface area contributed by atoms with Gasteiger partial charge in [-0.15, -0.1) is 0 Å². The Balaban J connectivity index is 1.65. The van der Waals surface area contributed by atoms with Gasteiger partial charge in [0.2, 0.25) is 0 Å². The van der Waals surface area contributed by atoms with Crippen LogP contribution in [0.2, 0.25) is 0 Å². The molecule has 5 nitrogen and oxygen atoms in total. The third-order valence-corrected chi connectivity index (χ3v) is 4.09. The first kappa shape index (κ1) is 18.0. The number of hydrogen-bond donors (Lipinski definition) is 1. The molecular formula is C18H18F3N3O2. The lowest BCUT2D eigenvalue weighted by Crippen LogP contribution is -2.46. The van der Waals surface area contributed by atoms with Crippen LogP contribution in [0.1, 0.15) is 18.4 Å². The van der Waals surface area contributed by atoms with Crippen LogP contribution in [-0.4, -0.2) is 35.1 Å². The monoisotopic (exact) mass is 365 g/mol. The van der Waals surface area contributed by atoms with E-state index in [9.17, 15) is 18.0 Å². The van der Waals surface area contributed by atoms with Gasteiger partial charge in [0, 0.05) is 18.9 Å². The normalized spacial score (nSPS) is 17.7. The summed E-state index contributed by atoms with van der Waals surface area (Å²) in [5.41, 5.74) is -1.11. The largest absolute Gasteiger partial charge is 0.488 e. The summed E-state index contributed by atoms with van der Waals surface area (Å²) in [6.45, 7) is 0.776. The van der Waals surface area contributed by atoms with Crippen molar-refractivity contribution in [3.63, 3.8) is 0 Å². The molecule has 1 saturated heterocycles. The number of carbonyl (C=O) groups is 1. The topological polar surface area (TPSA) is 54.5 Å². The van der Waals surface area contributed by atoms with Crippen LogP contribution in [0.25, 0.3) is 0 Å². The minimum absolute atomic E-state index is 0.213. The van der Waals surface area contributed by atoms with E-state index in [1.807, 2.05) is 0 Å². The van der Waals surface area contributed by atoms with Gasteiger partial charge in [0.1, 0.15) is 11.9 Å². The van der Waals surface area contributed by atoms with Crippen molar-refractivity contribution in [3.8, 4) is 5.75 Å². The van der Waals surface area contributed by atoms with Crippen LogP contribution >= 0.6 is 0 Å². The molecule has 0 unspecified atom stereocenters. The zero-order valence-corrected chi connectivity index (χ0v) is 13.9. The molecule has 3 rings (SSSR count). The molecular weight excluding hydrogens is 347 g/mol. The summed E-state index contributed by atoms with van der Waals surface area (Å²) in [5.74, 6) is 0.648. The first-order chi connectivity index (χ1) is 12.4. The smallest absolute Gasteiger partial charge is 0.418 e. The van der Waals surface area contributed by atoms with Crippen molar-refractivity contribution in [2.24, 2.45) is 0 Å². The second kappa shape index (κ2) is 7.63. The number of rotatable bonds is 3. The highest BCUT2D eigenvalue weighted by atomic mass is 19.4. The summed E-state index contributed by atoms with van der Waals surface area (Å²) in [7, 11) is 0. The van der Waals surface area contributed by atoms with Gasteiger partial charge in [-0.25, -0.2) is 4.79 Å². The lowest BCUT2D eigenvalue weighted by Gasteiger charge is -2.33. The Morgan fingerprint density at radius 3 is 2.65 bits per heavy atom. The fraction of sp³-hybridized carbons (Fsp3) is 0.333. The van der Waals surface area contributed by atoms with Crippen LogP contribution in [0.3, 0.4) is 0 Å². The quantitative estimate of drug-likeness (QED) is 0.888. The zero-order valence-electron chi connectivity index (χ0n) is 13.9. The predicted octanol–water partition coefficient (Wildman–Crippen LogP) is 4.18. The van der Waals surface area contributed by atoms with Crippen molar-refractivity contribution in [2.45, 2.75) is 25.1 Å². The molecule has 1 fully saturated rings. The third kappa shape index (κ3) is 4.44. The number of pyridine rings is 1. The molecule has 1 N–H and O–H groups in total. The number of alkyl halides is 3. The van der Waals surface area contributed by atoms with Crippen LogP contribution in [-0.2, 0) is 6.18 Å². The number of likely N-dealkylation sites (tertiary alicyclic amines) is 1. The molecule has 138 valence electrons. The Morgan fingerprint density at radius 1 is 1.19 bits per heavy atom. The summed E-state index contributed by atoms with van der Waals surface area (Å²) in [4.78, 5) is 17.8. The van der Waals surface area contributed by atoms with Gasteiger partial charge in [-0.1, -0.05) is 12.1 Å². The van der Waals surface area contributed by atoms with Crippen molar-refractivity contribution >= 4 is 11.7 Å². The Labute approximate surface area is 148 Å². The Kier molecular flexibility index (Phi) is 5.29. The van der Waals surface area contributed by atoms with Crippen molar-refractivity contribution < 1.29 is 22.7 Å². The predicted molar refractivity (Wildman–Crippen MR) is 89.9 cm³/mol. The molecule has 0 spiro atoms. The van der Waals surface area contributed by atoms with Gasteiger partial charge >= 0.3 is 12.2 Å². The van der Waals surface area contributed by atoms with Crippen molar-refractivity contribution in [1.82, 2.24) is 9.88 Å². The van der Waals surface area contributed by atoms with Crippen LogP contribution in [0.4, 0.5) is 23.7 Å². The van der Waals surface area contributed by atoms with E-state index in [4.69, 9.17) is 4.74 Å². The van der Waals surface area contributed by atoms with Gasteiger partial charge in [0.15, 0.2) is 0 Å². The number of nitrogens with one attached hydrogen (secondary N) is 1. The van der Waals surface area contributed by atoms with Crippen LogP contribution in [0, 0.1) is 0 Å². The summed E-state index contributed by atoms with van der Waals surface area (Å²) in [6.07, 6.45) is -0.0450. The van der Waals surface area contributed by atoms with E-state index >= 15 is 0 Å². The molecule has 0 aliphatic carbocycles. The molecule has 2 aromatic rings. The number of urea groups is 1. The molecule has 0 saturated carbocycles. The maximum Gasteiger partial charge on any atom is 0.418 e. The third-order valence-electron chi connectivity index (χ3n) is 4.09. The highest BCUT2D eigenvalue weighted by Crippen LogP contribution is 2.34. The van der Waals surface area contributed by atoms with Gasteiger partial charge < -0.3 is 15.0 Å². The van der Waals surface area contributed by atoms with Gasteiger partial charge in [-0.3, -0.25) is 4.98 Å². The number of benzene rings is 1. The SMILES string of the molecule is O=C(Nc1ccccc1C(F)(F)F)N1CCC[C@H](Oc2ccncc2)C1. The number of ether oxygens (including phenoxy) is 1. The summed E-state index contributed by atoms with van der Waals surface area (Å²) < 4.78 is 45.0. The summed E-state index contributed by atoms with van der Waals surface area (Å²) in [5, 5.41) is 2.37. The van der Waals surface area contributed by atoms with E-state index < -0.39 is 17.8 Å². The minimum Gasteiger partial charge on any atom is -0.488 e. The van der Waals surface area contributed by atoms with E-state index in [0.717, 1.165) is 12.5 Å². The van der Waals surface area contributed by atoms with Gasteiger partial charge in [0.25, 0.3) is 0 Å². The second-order valence-electron chi connectivity index (χ2n) is 5.98. The number of carbonyl (C=O) groups excluding carboxylic acids is 1. The average Bonchev–Trinajstić information content (AvgIpc) is 2.62. The fourth-order valence-electron chi connectivity index (χ4n) is 2.86. The number of para-hydroxylation sites is 1. The molecule has 1 aromatic carbocycles. The number of piperidine rings is 1. The van der Waals surface area contributed by atoms with Crippen molar-refractivity contribution in [3.05, 3.63) is 54.4 Å². The molecule has 26 heavy (non-hydrogen) atoms. The number of anilines is 1. The molecule has 8 heteroatoms. The zero-order chi connectivity index (χ0) is 18.6. The van der Waals surface area contributed by atoms with Gasteiger partial charge in [0.05, 0.1) is 17.8 Å². The second-order valence-corrected chi connectivity index (χ2v) is 5.98. The highest BCUT2D eigenvalue weighted by molar-refractivity contribution is 5.90. The maximum atomic E-state index is 13.1. The van der Waals surface area contributed by atoms with E-state index in [1.165, 1.54) is 23.1 Å². The van der Waals surface area contributed by atoms with Crippen LogP contribution < -0.4 is 10.1 Å². The molecule has 2 heterocycles. The van der Waals surface area contributed by atoms with Gasteiger partial charge in [-0.2, -0.15) is 13.2 Å². The Bertz CT molecular complexity index is 753. The van der Waals surface area contributed by atoms with Crippen molar-refractivity contribution in [1.29, 1.82) is 0 Å².